The highest BCUT2D eigenvalue weighted by Gasteiger charge is 2.10. The first-order valence-electron chi connectivity index (χ1n) is 7.24. The zero-order valence-corrected chi connectivity index (χ0v) is 12.6. The maximum absolute atomic E-state index is 11.7. The lowest BCUT2D eigenvalue weighted by atomic mass is 10.1. The molecular weight excluding hydrogens is 264 g/mol. The van der Waals surface area contributed by atoms with E-state index in [9.17, 15) is 4.79 Å². The number of rotatable bonds is 7. The lowest BCUT2D eigenvalue weighted by molar-refractivity contribution is -0.124. The van der Waals surface area contributed by atoms with Gasteiger partial charge in [-0.3, -0.25) is 4.79 Å². The van der Waals surface area contributed by atoms with Gasteiger partial charge >= 0.3 is 0 Å². The molecular formula is C17H22N2O2. The summed E-state index contributed by atoms with van der Waals surface area (Å²) in [5.41, 5.74) is 0. The second-order valence-electron chi connectivity index (χ2n) is 5.11. The summed E-state index contributed by atoms with van der Waals surface area (Å²) in [6.45, 7) is 3.56. The standard InChI is InChI=1S/C17H22N2O2/c1-13(12-18-2)17(20)19-9-10-21-16-8-7-14-5-3-4-6-15(14)11-16/h3-8,11,13,18H,9-10,12H2,1-2H3,(H,19,20). The molecule has 0 radical (unpaired) electrons. The topological polar surface area (TPSA) is 50.4 Å². The molecule has 0 fully saturated rings. The average molecular weight is 286 g/mol. The maximum Gasteiger partial charge on any atom is 0.224 e. The van der Waals surface area contributed by atoms with E-state index in [0.29, 0.717) is 19.7 Å². The molecule has 0 saturated heterocycles. The SMILES string of the molecule is CNCC(C)C(=O)NCCOc1ccc2ccccc2c1. The van der Waals surface area contributed by atoms with Crippen LogP contribution in [0.1, 0.15) is 6.92 Å². The Morgan fingerprint density at radius 3 is 2.71 bits per heavy atom. The fourth-order valence-corrected chi connectivity index (χ4v) is 2.17. The molecule has 21 heavy (non-hydrogen) atoms. The Balaban J connectivity index is 1.78. The third-order valence-electron chi connectivity index (χ3n) is 3.35. The van der Waals surface area contributed by atoms with Crippen molar-refractivity contribution in [1.29, 1.82) is 0 Å². The highest BCUT2D eigenvalue weighted by Crippen LogP contribution is 2.20. The van der Waals surface area contributed by atoms with E-state index in [1.54, 1.807) is 0 Å². The Labute approximate surface area is 125 Å². The molecule has 0 saturated carbocycles. The Bertz CT molecular complexity index is 598. The summed E-state index contributed by atoms with van der Waals surface area (Å²) >= 11 is 0. The third-order valence-corrected chi connectivity index (χ3v) is 3.35. The van der Waals surface area contributed by atoms with Crippen molar-refractivity contribution in [3.05, 3.63) is 42.5 Å². The number of carbonyl (C=O) groups excluding carboxylic acids is 1. The highest BCUT2D eigenvalue weighted by atomic mass is 16.5. The van der Waals surface area contributed by atoms with Crippen molar-refractivity contribution in [3.8, 4) is 5.75 Å². The van der Waals surface area contributed by atoms with Gasteiger partial charge in [0.25, 0.3) is 0 Å². The Hall–Kier alpha value is -2.07. The van der Waals surface area contributed by atoms with Crippen LogP contribution >= 0.6 is 0 Å². The predicted octanol–water partition coefficient (Wildman–Crippen LogP) is 2.19. The molecule has 1 atom stereocenters. The van der Waals surface area contributed by atoms with Gasteiger partial charge in [0.15, 0.2) is 0 Å². The van der Waals surface area contributed by atoms with Crippen LogP contribution in [0.4, 0.5) is 0 Å². The number of benzene rings is 2. The predicted molar refractivity (Wildman–Crippen MR) is 85.5 cm³/mol. The van der Waals surface area contributed by atoms with Crippen molar-refractivity contribution in [2.45, 2.75) is 6.92 Å². The fourth-order valence-electron chi connectivity index (χ4n) is 2.17. The lowest BCUT2D eigenvalue weighted by Gasteiger charge is -2.12. The van der Waals surface area contributed by atoms with E-state index in [2.05, 4.69) is 22.8 Å². The van der Waals surface area contributed by atoms with Crippen LogP contribution in [0.15, 0.2) is 42.5 Å². The van der Waals surface area contributed by atoms with Crippen molar-refractivity contribution in [2.24, 2.45) is 5.92 Å². The summed E-state index contributed by atoms with van der Waals surface area (Å²) in [6, 6.07) is 14.2. The molecule has 2 N–H and O–H groups in total. The van der Waals surface area contributed by atoms with Gasteiger partial charge in [-0.05, 0) is 30.0 Å². The molecule has 4 nitrogen and oxygen atoms in total. The van der Waals surface area contributed by atoms with E-state index in [1.165, 1.54) is 5.39 Å². The minimum atomic E-state index is -0.0318. The van der Waals surface area contributed by atoms with Gasteiger partial charge in [-0.2, -0.15) is 0 Å². The van der Waals surface area contributed by atoms with Gasteiger partial charge in [-0.25, -0.2) is 0 Å². The molecule has 0 aliphatic rings. The molecule has 0 aliphatic carbocycles. The van der Waals surface area contributed by atoms with Gasteiger partial charge in [0.2, 0.25) is 5.91 Å². The minimum Gasteiger partial charge on any atom is -0.492 e. The smallest absolute Gasteiger partial charge is 0.224 e. The number of hydrogen-bond acceptors (Lipinski definition) is 3. The van der Waals surface area contributed by atoms with Crippen LogP contribution in [0.2, 0.25) is 0 Å². The number of amides is 1. The normalized spacial score (nSPS) is 12.1. The fraction of sp³-hybridized carbons (Fsp3) is 0.353. The van der Waals surface area contributed by atoms with E-state index in [1.807, 2.05) is 44.3 Å². The Kier molecular flexibility index (Phi) is 5.58. The van der Waals surface area contributed by atoms with Crippen LogP contribution in [-0.4, -0.2) is 32.7 Å². The number of hydrogen-bond donors (Lipinski definition) is 2. The first kappa shape index (κ1) is 15.3. The number of fused-ring (bicyclic) bond motifs is 1. The molecule has 0 aromatic heterocycles. The molecule has 112 valence electrons. The van der Waals surface area contributed by atoms with E-state index in [-0.39, 0.29) is 11.8 Å². The summed E-state index contributed by atoms with van der Waals surface area (Å²) in [5, 5.41) is 8.21. The van der Waals surface area contributed by atoms with Crippen LogP contribution in [0.3, 0.4) is 0 Å². The molecule has 0 heterocycles. The molecule has 1 amide bonds. The van der Waals surface area contributed by atoms with Crippen LogP contribution in [0, 0.1) is 5.92 Å². The average Bonchev–Trinajstić information content (AvgIpc) is 2.51. The molecule has 4 heteroatoms. The third kappa shape index (κ3) is 4.46. The monoisotopic (exact) mass is 286 g/mol. The summed E-state index contributed by atoms with van der Waals surface area (Å²) in [5.74, 6) is 0.841. The Morgan fingerprint density at radius 1 is 1.19 bits per heavy atom. The van der Waals surface area contributed by atoms with E-state index in [0.717, 1.165) is 11.1 Å². The van der Waals surface area contributed by atoms with Gasteiger partial charge in [-0.15, -0.1) is 0 Å². The molecule has 1 unspecified atom stereocenters. The van der Waals surface area contributed by atoms with Gasteiger partial charge in [0.1, 0.15) is 12.4 Å². The van der Waals surface area contributed by atoms with Crippen molar-refractivity contribution in [2.75, 3.05) is 26.7 Å². The van der Waals surface area contributed by atoms with Gasteiger partial charge < -0.3 is 15.4 Å². The van der Waals surface area contributed by atoms with E-state index in [4.69, 9.17) is 4.74 Å². The second-order valence-corrected chi connectivity index (χ2v) is 5.11. The molecule has 0 aliphatic heterocycles. The lowest BCUT2D eigenvalue weighted by Crippen LogP contribution is -2.36. The van der Waals surface area contributed by atoms with Gasteiger partial charge in [-0.1, -0.05) is 37.3 Å². The molecule has 0 bridgehead atoms. The molecule has 2 aromatic rings. The van der Waals surface area contributed by atoms with E-state index >= 15 is 0 Å². The summed E-state index contributed by atoms with van der Waals surface area (Å²) in [7, 11) is 1.84. The van der Waals surface area contributed by atoms with Crippen molar-refractivity contribution >= 4 is 16.7 Å². The first-order valence-corrected chi connectivity index (χ1v) is 7.24. The van der Waals surface area contributed by atoms with E-state index < -0.39 is 0 Å². The zero-order chi connectivity index (χ0) is 15.1. The van der Waals surface area contributed by atoms with Crippen LogP contribution in [0.5, 0.6) is 5.75 Å². The summed E-state index contributed by atoms with van der Waals surface area (Å²) in [6.07, 6.45) is 0. The molecule has 2 rings (SSSR count). The number of carbonyl (C=O) groups is 1. The maximum atomic E-state index is 11.7. The summed E-state index contributed by atoms with van der Waals surface area (Å²) < 4.78 is 5.67. The summed E-state index contributed by atoms with van der Waals surface area (Å²) in [4.78, 5) is 11.7. The van der Waals surface area contributed by atoms with Crippen molar-refractivity contribution < 1.29 is 9.53 Å². The van der Waals surface area contributed by atoms with Gasteiger partial charge in [0, 0.05) is 12.5 Å². The number of ether oxygens (including phenoxy) is 1. The van der Waals surface area contributed by atoms with Crippen LogP contribution < -0.4 is 15.4 Å². The van der Waals surface area contributed by atoms with Crippen LogP contribution in [-0.2, 0) is 4.79 Å². The first-order chi connectivity index (χ1) is 10.2. The number of nitrogens with one attached hydrogen (secondary N) is 2. The highest BCUT2D eigenvalue weighted by molar-refractivity contribution is 5.83. The zero-order valence-electron chi connectivity index (χ0n) is 12.6. The van der Waals surface area contributed by atoms with Crippen molar-refractivity contribution in [3.63, 3.8) is 0 Å². The minimum absolute atomic E-state index is 0.0318. The molecule has 0 spiro atoms. The van der Waals surface area contributed by atoms with Gasteiger partial charge in [0.05, 0.1) is 6.54 Å². The van der Waals surface area contributed by atoms with Crippen LogP contribution in [0.25, 0.3) is 10.8 Å². The largest absolute Gasteiger partial charge is 0.492 e. The molecule has 2 aromatic carbocycles. The second kappa shape index (κ2) is 7.64. The Morgan fingerprint density at radius 2 is 1.95 bits per heavy atom. The quantitative estimate of drug-likeness (QED) is 0.767. The van der Waals surface area contributed by atoms with Crippen molar-refractivity contribution in [1.82, 2.24) is 10.6 Å².